The van der Waals surface area contributed by atoms with Gasteiger partial charge in [-0.15, -0.1) is 10.2 Å². The Morgan fingerprint density at radius 1 is 1.13 bits per heavy atom. The molecule has 0 radical (unpaired) electrons. The molecule has 1 atom stereocenters. The third-order valence-corrected chi connectivity index (χ3v) is 5.65. The van der Waals surface area contributed by atoms with Crippen molar-refractivity contribution in [2.24, 2.45) is 5.92 Å². The Balaban J connectivity index is 1.47. The molecule has 2 aliphatic heterocycles. The number of hydrogen-bond acceptors (Lipinski definition) is 5. The summed E-state index contributed by atoms with van der Waals surface area (Å²) in [7, 11) is 0. The molecule has 1 unspecified atom stereocenters. The first-order chi connectivity index (χ1) is 11.2. The van der Waals surface area contributed by atoms with E-state index in [-0.39, 0.29) is 0 Å². The zero-order valence-electron chi connectivity index (χ0n) is 14.1. The van der Waals surface area contributed by atoms with Gasteiger partial charge in [0.25, 0.3) is 0 Å². The van der Waals surface area contributed by atoms with Crippen LogP contribution in [0.5, 0.6) is 0 Å². The van der Waals surface area contributed by atoms with Crippen LogP contribution in [-0.2, 0) is 0 Å². The average molecular weight is 314 g/mol. The lowest BCUT2D eigenvalue weighted by molar-refractivity contribution is 0.168. The number of aromatic nitrogens is 4. The Morgan fingerprint density at radius 2 is 1.87 bits per heavy atom. The second-order valence-corrected chi connectivity index (χ2v) is 7.08. The van der Waals surface area contributed by atoms with Crippen molar-refractivity contribution in [2.75, 3.05) is 31.1 Å². The number of anilines is 1. The molecule has 124 valence electrons. The van der Waals surface area contributed by atoms with E-state index in [0.717, 1.165) is 36.4 Å². The van der Waals surface area contributed by atoms with Crippen molar-refractivity contribution in [1.82, 2.24) is 24.7 Å². The fourth-order valence-corrected chi connectivity index (χ4v) is 4.24. The van der Waals surface area contributed by atoms with E-state index in [1.807, 2.05) is 6.92 Å². The lowest BCUT2D eigenvalue weighted by atomic mass is 9.89. The van der Waals surface area contributed by atoms with E-state index in [2.05, 4.69) is 38.1 Å². The number of hydrogen-bond donors (Lipinski definition) is 0. The van der Waals surface area contributed by atoms with Crippen LogP contribution in [0.4, 0.5) is 5.69 Å². The van der Waals surface area contributed by atoms with E-state index < -0.39 is 0 Å². The summed E-state index contributed by atoms with van der Waals surface area (Å²) in [4.78, 5) is 5.15. The summed E-state index contributed by atoms with van der Waals surface area (Å²) in [6.45, 7) is 9.27. The van der Waals surface area contributed by atoms with E-state index >= 15 is 0 Å². The number of piperidine rings is 1. The van der Waals surface area contributed by atoms with Gasteiger partial charge in [-0.3, -0.25) is 0 Å². The Morgan fingerprint density at radius 3 is 2.61 bits per heavy atom. The minimum absolute atomic E-state index is 0.729. The maximum Gasteiger partial charge on any atom is 0.200 e. The van der Waals surface area contributed by atoms with Crippen molar-refractivity contribution in [3.05, 3.63) is 18.1 Å². The Labute approximate surface area is 137 Å². The summed E-state index contributed by atoms with van der Waals surface area (Å²) in [6.07, 6.45) is 6.97. The second-order valence-electron chi connectivity index (χ2n) is 7.08. The molecule has 0 spiro atoms. The molecule has 0 saturated carbocycles. The molecular weight excluding hydrogens is 288 g/mol. The molecule has 2 fully saturated rings. The van der Waals surface area contributed by atoms with E-state index in [9.17, 15) is 0 Å². The van der Waals surface area contributed by atoms with Gasteiger partial charge >= 0.3 is 0 Å². The molecule has 0 bridgehead atoms. The normalized spacial score (nSPS) is 22.1. The van der Waals surface area contributed by atoms with Crippen LogP contribution in [0, 0.1) is 12.8 Å². The number of aryl methyl sites for hydroxylation is 1. The lowest BCUT2D eigenvalue weighted by Gasteiger charge is -2.39. The number of likely N-dealkylation sites (tertiary alicyclic amines) is 1. The third kappa shape index (κ3) is 2.80. The highest BCUT2D eigenvalue weighted by Gasteiger charge is 2.29. The van der Waals surface area contributed by atoms with E-state index in [1.165, 1.54) is 44.5 Å². The largest absolute Gasteiger partial charge is 0.368 e. The number of fused-ring (bicyclic) bond motifs is 1. The molecule has 2 saturated heterocycles. The summed E-state index contributed by atoms with van der Waals surface area (Å²) in [6, 6.07) is 2.88. The Hall–Kier alpha value is -1.69. The minimum Gasteiger partial charge on any atom is -0.368 e. The fraction of sp³-hybridized carbons (Fsp3) is 0.706. The number of nitrogens with zero attached hydrogens (tertiary/aromatic N) is 6. The maximum atomic E-state index is 4.44. The topological polar surface area (TPSA) is 49.6 Å². The van der Waals surface area contributed by atoms with Crippen molar-refractivity contribution in [2.45, 2.75) is 45.6 Å². The van der Waals surface area contributed by atoms with Crippen molar-refractivity contribution < 1.29 is 0 Å². The van der Waals surface area contributed by atoms with Crippen LogP contribution in [0.3, 0.4) is 0 Å². The van der Waals surface area contributed by atoms with Gasteiger partial charge in [0.05, 0.1) is 11.4 Å². The number of rotatable bonds is 3. The molecule has 0 N–H and O–H groups in total. The van der Waals surface area contributed by atoms with Gasteiger partial charge in [0.2, 0.25) is 5.65 Å². The van der Waals surface area contributed by atoms with Crippen LogP contribution < -0.4 is 4.90 Å². The summed E-state index contributed by atoms with van der Waals surface area (Å²) in [5.41, 5.74) is 3.07. The summed E-state index contributed by atoms with van der Waals surface area (Å²) in [5.74, 6) is 0.821. The molecule has 0 aliphatic carbocycles. The van der Waals surface area contributed by atoms with E-state index in [1.54, 1.807) is 10.8 Å². The Kier molecular flexibility index (Phi) is 3.93. The molecule has 4 heterocycles. The quantitative estimate of drug-likeness (QED) is 0.869. The van der Waals surface area contributed by atoms with Gasteiger partial charge in [-0.2, -0.15) is 9.61 Å². The van der Waals surface area contributed by atoms with Gasteiger partial charge in [-0.05, 0) is 64.6 Å². The molecule has 2 aromatic heterocycles. The molecule has 6 nitrogen and oxygen atoms in total. The van der Waals surface area contributed by atoms with E-state index in [4.69, 9.17) is 0 Å². The van der Waals surface area contributed by atoms with E-state index in [0.29, 0.717) is 0 Å². The maximum absolute atomic E-state index is 4.44. The van der Waals surface area contributed by atoms with Gasteiger partial charge in [-0.1, -0.05) is 0 Å². The zero-order chi connectivity index (χ0) is 15.8. The summed E-state index contributed by atoms with van der Waals surface area (Å²) < 4.78 is 1.80. The smallest absolute Gasteiger partial charge is 0.200 e. The zero-order valence-corrected chi connectivity index (χ0v) is 14.1. The van der Waals surface area contributed by atoms with Crippen LogP contribution in [0.25, 0.3) is 5.65 Å². The highest BCUT2D eigenvalue weighted by Crippen LogP contribution is 2.30. The Bertz CT molecular complexity index is 667. The first kappa shape index (κ1) is 14.9. The van der Waals surface area contributed by atoms with Crippen molar-refractivity contribution in [3.63, 3.8) is 0 Å². The predicted octanol–water partition coefficient (Wildman–Crippen LogP) is 2.13. The van der Waals surface area contributed by atoms with Crippen LogP contribution in [0.2, 0.25) is 0 Å². The molecular formula is C17H26N6. The highest BCUT2D eigenvalue weighted by atomic mass is 15.4. The molecule has 2 aliphatic rings. The second kappa shape index (κ2) is 6.07. The monoisotopic (exact) mass is 314 g/mol. The SMILES string of the molecule is Cc1cc(N2CCC(C(C)N3CCCC3)CC2)c2nncn2n1. The van der Waals surface area contributed by atoms with Gasteiger partial charge in [0, 0.05) is 19.1 Å². The van der Waals surface area contributed by atoms with Crippen LogP contribution in [-0.4, -0.2) is 56.9 Å². The van der Waals surface area contributed by atoms with Gasteiger partial charge in [0.15, 0.2) is 0 Å². The highest BCUT2D eigenvalue weighted by molar-refractivity contribution is 5.68. The summed E-state index contributed by atoms with van der Waals surface area (Å²) >= 11 is 0. The van der Waals surface area contributed by atoms with Crippen molar-refractivity contribution in [1.29, 1.82) is 0 Å². The van der Waals surface area contributed by atoms with Gasteiger partial charge < -0.3 is 9.80 Å². The van der Waals surface area contributed by atoms with Crippen molar-refractivity contribution in [3.8, 4) is 0 Å². The molecule has 0 aromatic carbocycles. The standard InChI is InChI=1S/C17H26N6/c1-13-11-16(17-19-18-12-23(17)20-13)22-9-5-15(6-10-22)14(2)21-7-3-4-8-21/h11-12,14-15H,3-10H2,1-2H3. The molecule has 4 rings (SSSR count). The predicted molar refractivity (Wildman–Crippen MR) is 90.7 cm³/mol. The average Bonchev–Trinajstić information content (AvgIpc) is 3.25. The van der Waals surface area contributed by atoms with Crippen LogP contribution in [0.15, 0.2) is 12.4 Å². The van der Waals surface area contributed by atoms with Crippen LogP contribution in [0.1, 0.15) is 38.3 Å². The molecule has 0 amide bonds. The first-order valence-corrected chi connectivity index (χ1v) is 8.89. The molecule has 2 aromatic rings. The summed E-state index contributed by atoms with van der Waals surface area (Å²) in [5, 5.41) is 12.7. The minimum atomic E-state index is 0.729. The van der Waals surface area contributed by atoms with Gasteiger partial charge in [0.1, 0.15) is 6.33 Å². The van der Waals surface area contributed by atoms with Crippen molar-refractivity contribution >= 4 is 11.3 Å². The molecule has 6 heteroatoms. The molecule has 23 heavy (non-hydrogen) atoms. The van der Waals surface area contributed by atoms with Gasteiger partial charge in [-0.25, -0.2) is 0 Å². The third-order valence-electron chi connectivity index (χ3n) is 5.65. The van der Waals surface area contributed by atoms with Crippen LogP contribution >= 0.6 is 0 Å². The lowest BCUT2D eigenvalue weighted by Crippen LogP contribution is -2.43. The first-order valence-electron chi connectivity index (χ1n) is 8.89. The fourth-order valence-electron chi connectivity index (χ4n) is 4.24.